The van der Waals surface area contributed by atoms with Crippen LogP contribution in [0.5, 0.6) is 0 Å². The highest BCUT2D eigenvalue weighted by atomic mass is 16.1. The Bertz CT molecular complexity index is 752. The minimum Gasteiger partial charge on any atom is -0.356 e. The summed E-state index contributed by atoms with van der Waals surface area (Å²) < 4.78 is 0. The Hall–Kier alpha value is -2.43. The van der Waals surface area contributed by atoms with Gasteiger partial charge in [0.05, 0.1) is 0 Å². The molecule has 1 N–H and O–H groups in total. The topological polar surface area (TPSA) is 58.1 Å². The average molecular weight is 367 g/mol. The van der Waals surface area contributed by atoms with Crippen molar-refractivity contribution in [3.05, 3.63) is 53.5 Å². The number of carbonyl (C=O) groups excluding carboxylic acids is 1. The highest BCUT2D eigenvalue weighted by Gasteiger charge is 2.22. The van der Waals surface area contributed by atoms with Crippen LogP contribution in [0.3, 0.4) is 0 Å². The van der Waals surface area contributed by atoms with Gasteiger partial charge in [0.15, 0.2) is 0 Å². The molecule has 0 saturated carbocycles. The highest BCUT2D eigenvalue weighted by molar-refractivity contribution is 5.92. The van der Waals surface area contributed by atoms with Gasteiger partial charge >= 0.3 is 0 Å². The molecule has 1 aromatic carbocycles. The number of hydrogen-bond donors (Lipinski definition) is 1. The maximum atomic E-state index is 12.4. The summed E-state index contributed by atoms with van der Waals surface area (Å²) in [6.07, 6.45) is 3.43. The molecule has 0 radical (unpaired) electrons. The quantitative estimate of drug-likeness (QED) is 0.848. The zero-order valence-corrected chi connectivity index (χ0v) is 16.6. The lowest BCUT2D eigenvalue weighted by atomic mass is 9.90. The Labute approximate surface area is 162 Å². The number of nitrogens with zero attached hydrogens (tertiary/aromatic N) is 3. The lowest BCUT2D eigenvalue weighted by Crippen LogP contribution is -2.35. The van der Waals surface area contributed by atoms with Crippen LogP contribution in [0.1, 0.15) is 48.6 Å². The van der Waals surface area contributed by atoms with Crippen LogP contribution < -0.4 is 10.2 Å². The van der Waals surface area contributed by atoms with Crippen LogP contribution in [0.2, 0.25) is 0 Å². The molecule has 2 heterocycles. The number of amides is 1. The van der Waals surface area contributed by atoms with Crippen molar-refractivity contribution in [2.75, 3.05) is 24.5 Å². The Morgan fingerprint density at radius 3 is 2.56 bits per heavy atom. The van der Waals surface area contributed by atoms with E-state index in [-0.39, 0.29) is 5.91 Å². The first-order valence-corrected chi connectivity index (χ1v) is 9.94. The molecule has 27 heavy (non-hydrogen) atoms. The summed E-state index contributed by atoms with van der Waals surface area (Å²) in [6.45, 7) is 8.61. The third-order valence-electron chi connectivity index (χ3n) is 5.03. The molecule has 5 nitrogen and oxygen atoms in total. The van der Waals surface area contributed by atoms with Gasteiger partial charge in [-0.25, -0.2) is 9.97 Å². The van der Waals surface area contributed by atoms with E-state index < -0.39 is 0 Å². The van der Waals surface area contributed by atoms with E-state index in [4.69, 9.17) is 0 Å². The molecule has 0 bridgehead atoms. The lowest BCUT2D eigenvalue weighted by molar-refractivity contribution is 0.0943. The second-order valence-corrected chi connectivity index (χ2v) is 7.88. The third-order valence-corrected chi connectivity index (χ3v) is 5.03. The summed E-state index contributed by atoms with van der Waals surface area (Å²) in [5, 5.41) is 2.94. The van der Waals surface area contributed by atoms with E-state index in [0.29, 0.717) is 29.9 Å². The Kier molecular flexibility index (Phi) is 6.43. The highest BCUT2D eigenvalue weighted by Crippen LogP contribution is 2.25. The van der Waals surface area contributed by atoms with Crippen LogP contribution in [0.25, 0.3) is 0 Å². The van der Waals surface area contributed by atoms with Gasteiger partial charge in [-0.15, -0.1) is 0 Å². The molecule has 1 saturated heterocycles. The second-order valence-electron chi connectivity index (χ2n) is 7.88. The molecule has 1 amide bonds. The van der Waals surface area contributed by atoms with Crippen LogP contribution >= 0.6 is 0 Å². The number of nitrogens with one attached hydrogen (secondary N) is 1. The number of hydrogen-bond acceptors (Lipinski definition) is 4. The summed E-state index contributed by atoms with van der Waals surface area (Å²) in [7, 11) is 0. The van der Waals surface area contributed by atoms with Gasteiger partial charge < -0.3 is 10.2 Å². The van der Waals surface area contributed by atoms with Crippen molar-refractivity contribution in [2.45, 2.75) is 40.0 Å². The van der Waals surface area contributed by atoms with Crippen molar-refractivity contribution in [2.24, 2.45) is 11.8 Å². The lowest BCUT2D eigenvalue weighted by Gasteiger charge is -2.33. The summed E-state index contributed by atoms with van der Waals surface area (Å²) in [6, 6.07) is 12.5. The molecule has 0 atom stereocenters. The summed E-state index contributed by atoms with van der Waals surface area (Å²) in [5.74, 6) is 2.53. The zero-order valence-electron chi connectivity index (χ0n) is 16.6. The van der Waals surface area contributed by atoms with E-state index in [2.05, 4.69) is 64.4 Å². The standard InChI is InChI=1S/C22H30N4O/c1-16(2)15-23-22(27)20-14-21(25-17(3)24-20)26-11-9-19(10-12-26)13-18-7-5-4-6-8-18/h4-8,14,16,19H,9-13,15H2,1-3H3,(H,23,27). The monoisotopic (exact) mass is 366 g/mol. The second kappa shape index (κ2) is 8.98. The molecule has 1 aromatic heterocycles. The Morgan fingerprint density at radius 1 is 1.19 bits per heavy atom. The number of anilines is 1. The average Bonchev–Trinajstić information content (AvgIpc) is 2.67. The van der Waals surface area contributed by atoms with E-state index in [9.17, 15) is 4.79 Å². The third kappa shape index (κ3) is 5.52. The molecule has 0 spiro atoms. The molecule has 0 aliphatic carbocycles. The van der Waals surface area contributed by atoms with Gasteiger partial charge in [0.1, 0.15) is 17.3 Å². The van der Waals surface area contributed by atoms with Crippen molar-refractivity contribution in [1.82, 2.24) is 15.3 Å². The minimum absolute atomic E-state index is 0.116. The predicted octanol–water partition coefficient (Wildman–Crippen LogP) is 3.63. The van der Waals surface area contributed by atoms with Gasteiger partial charge in [-0.1, -0.05) is 44.2 Å². The maximum Gasteiger partial charge on any atom is 0.270 e. The molecule has 1 aliphatic heterocycles. The van der Waals surface area contributed by atoms with E-state index in [1.54, 1.807) is 0 Å². The number of aryl methyl sites for hydroxylation is 1. The van der Waals surface area contributed by atoms with Crippen LogP contribution in [-0.2, 0) is 6.42 Å². The van der Waals surface area contributed by atoms with Crippen molar-refractivity contribution in [3.63, 3.8) is 0 Å². The van der Waals surface area contributed by atoms with Gasteiger partial charge in [0.25, 0.3) is 5.91 Å². The summed E-state index contributed by atoms with van der Waals surface area (Å²) in [4.78, 5) is 23.6. The number of aromatic nitrogens is 2. The Balaban J connectivity index is 1.61. The molecule has 5 heteroatoms. The first-order valence-electron chi connectivity index (χ1n) is 9.94. The zero-order chi connectivity index (χ0) is 19.2. The fourth-order valence-electron chi connectivity index (χ4n) is 3.53. The van der Waals surface area contributed by atoms with Gasteiger partial charge in [0.2, 0.25) is 0 Å². The van der Waals surface area contributed by atoms with E-state index in [1.807, 2.05) is 13.0 Å². The SMILES string of the molecule is Cc1nc(C(=O)NCC(C)C)cc(N2CCC(Cc3ccccc3)CC2)n1. The fraction of sp³-hybridized carbons (Fsp3) is 0.500. The summed E-state index contributed by atoms with van der Waals surface area (Å²) in [5.41, 5.74) is 1.88. The van der Waals surface area contributed by atoms with Crippen LogP contribution in [0, 0.1) is 18.8 Å². The first kappa shape index (κ1) is 19.3. The smallest absolute Gasteiger partial charge is 0.270 e. The van der Waals surface area contributed by atoms with Crippen LogP contribution in [0.4, 0.5) is 5.82 Å². The number of benzene rings is 1. The maximum absolute atomic E-state index is 12.4. The molecule has 3 rings (SSSR count). The van der Waals surface area contributed by atoms with E-state index in [1.165, 1.54) is 5.56 Å². The Morgan fingerprint density at radius 2 is 1.89 bits per heavy atom. The normalized spacial score (nSPS) is 15.2. The summed E-state index contributed by atoms with van der Waals surface area (Å²) >= 11 is 0. The van der Waals surface area contributed by atoms with Crippen LogP contribution in [-0.4, -0.2) is 35.5 Å². The fourth-order valence-corrected chi connectivity index (χ4v) is 3.53. The van der Waals surface area contributed by atoms with Crippen molar-refractivity contribution in [1.29, 1.82) is 0 Å². The molecule has 1 fully saturated rings. The van der Waals surface area contributed by atoms with Gasteiger partial charge in [-0.3, -0.25) is 4.79 Å². The van der Waals surface area contributed by atoms with Crippen molar-refractivity contribution >= 4 is 11.7 Å². The van der Waals surface area contributed by atoms with Crippen LogP contribution in [0.15, 0.2) is 36.4 Å². The number of carbonyl (C=O) groups is 1. The predicted molar refractivity (Wildman–Crippen MR) is 109 cm³/mol. The number of piperidine rings is 1. The molecule has 1 aliphatic rings. The molecule has 2 aromatic rings. The molecule has 144 valence electrons. The van der Waals surface area contributed by atoms with Crippen molar-refractivity contribution in [3.8, 4) is 0 Å². The molecule has 0 unspecified atom stereocenters. The minimum atomic E-state index is -0.116. The van der Waals surface area contributed by atoms with Crippen molar-refractivity contribution < 1.29 is 4.79 Å². The van der Waals surface area contributed by atoms with Gasteiger partial charge in [-0.2, -0.15) is 0 Å². The van der Waals surface area contributed by atoms with Gasteiger partial charge in [-0.05, 0) is 43.6 Å². The van der Waals surface area contributed by atoms with E-state index in [0.717, 1.165) is 38.2 Å². The van der Waals surface area contributed by atoms with Gasteiger partial charge in [0, 0.05) is 25.7 Å². The molecular weight excluding hydrogens is 336 g/mol. The first-order chi connectivity index (χ1) is 13.0. The molecular formula is C22H30N4O. The largest absolute Gasteiger partial charge is 0.356 e. The number of rotatable bonds is 6. The van der Waals surface area contributed by atoms with E-state index >= 15 is 0 Å².